The van der Waals surface area contributed by atoms with E-state index in [-0.39, 0.29) is 0 Å². The molecule has 2 N–H and O–H groups in total. The number of rotatable bonds is 4. The Morgan fingerprint density at radius 3 is 1.82 bits per heavy atom. The molecule has 0 rings (SSSR count). The first-order valence-electron chi connectivity index (χ1n) is 4.29. The van der Waals surface area contributed by atoms with Crippen molar-refractivity contribution in [2.75, 3.05) is 20.1 Å². The Balaban J connectivity index is 3.43. The van der Waals surface area contributed by atoms with Gasteiger partial charge in [0.2, 0.25) is 0 Å². The average molecular weight is 157 g/mol. The van der Waals surface area contributed by atoms with Gasteiger partial charge in [0.05, 0.1) is 0 Å². The summed E-state index contributed by atoms with van der Waals surface area (Å²) in [5.74, 6) is 0.911. The fourth-order valence-corrected chi connectivity index (χ4v) is 0.707. The van der Waals surface area contributed by atoms with Crippen LogP contribution in [0.3, 0.4) is 0 Å². The number of nitrogens with one attached hydrogen (secondary N) is 2. The van der Waals surface area contributed by atoms with E-state index >= 15 is 0 Å². The maximum absolute atomic E-state index is 4.06. The van der Waals surface area contributed by atoms with Crippen LogP contribution >= 0.6 is 0 Å². The van der Waals surface area contributed by atoms with E-state index in [4.69, 9.17) is 0 Å². The van der Waals surface area contributed by atoms with Crippen molar-refractivity contribution in [3.05, 3.63) is 0 Å². The van der Waals surface area contributed by atoms with E-state index in [1.54, 1.807) is 7.05 Å². The van der Waals surface area contributed by atoms with Crippen molar-refractivity contribution in [2.45, 2.75) is 26.7 Å². The van der Waals surface area contributed by atoms with Crippen molar-refractivity contribution in [3.8, 4) is 0 Å². The van der Waals surface area contributed by atoms with E-state index in [1.807, 2.05) is 0 Å². The third-order valence-electron chi connectivity index (χ3n) is 1.31. The minimum absolute atomic E-state index is 0.911. The van der Waals surface area contributed by atoms with Crippen LogP contribution in [0.2, 0.25) is 0 Å². The topological polar surface area (TPSA) is 36.4 Å². The van der Waals surface area contributed by atoms with E-state index in [9.17, 15) is 0 Å². The van der Waals surface area contributed by atoms with Gasteiger partial charge < -0.3 is 10.6 Å². The first-order chi connectivity index (χ1) is 5.35. The second-order valence-electron chi connectivity index (χ2n) is 2.43. The molecule has 11 heavy (non-hydrogen) atoms. The van der Waals surface area contributed by atoms with Crippen LogP contribution in [0.1, 0.15) is 26.7 Å². The SMILES string of the molecule is CCCNC(=NC)NCCC. The minimum atomic E-state index is 0.911. The van der Waals surface area contributed by atoms with Crippen LogP contribution in [0.15, 0.2) is 4.99 Å². The molecule has 0 fully saturated rings. The van der Waals surface area contributed by atoms with Crippen LogP contribution in [0.25, 0.3) is 0 Å². The van der Waals surface area contributed by atoms with Gasteiger partial charge in [0.25, 0.3) is 0 Å². The third-order valence-corrected chi connectivity index (χ3v) is 1.31. The summed E-state index contributed by atoms with van der Waals surface area (Å²) in [4.78, 5) is 4.06. The molecule has 0 aliphatic rings. The highest BCUT2D eigenvalue weighted by Crippen LogP contribution is 1.74. The Kier molecular flexibility index (Phi) is 6.89. The molecule has 0 unspecified atom stereocenters. The second kappa shape index (κ2) is 7.38. The van der Waals surface area contributed by atoms with Crippen molar-refractivity contribution in [3.63, 3.8) is 0 Å². The maximum atomic E-state index is 4.06. The molecule has 3 nitrogen and oxygen atoms in total. The maximum Gasteiger partial charge on any atom is 0.190 e. The molecule has 0 saturated heterocycles. The lowest BCUT2D eigenvalue weighted by Gasteiger charge is -2.09. The number of guanidine groups is 1. The van der Waals surface area contributed by atoms with Gasteiger partial charge in [-0.05, 0) is 12.8 Å². The van der Waals surface area contributed by atoms with Gasteiger partial charge in [-0.15, -0.1) is 0 Å². The van der Waals surface area contributed by atoms with Gasteiger partial charge in [-0.25, -0.2) is 0 Å². The van der Waals surface area contributed by atoms with Crippen LogP contribution in [-0.4, -0.2) is 26.1 Å². The zero-order chi connectivity index (χ0) is 8.53. The van der Waals surface area contributed by atoms with E-state index in [1.165, 1.54) is 0 Å². The highest BCUT2D eigenvalue weighted by atomic mass is 15.2. The Labute approximate surface area is 69.3 Å². The summed E-state index contributed by atoms with van der Waals surface area (Å²) in [5, 5.41) is 6.39. The lowest BCUT2D eigenvalue weighted by atomic mass is 10.5. The van der Waals surface area contributed by atoms with Crippen LogP contribution < -0.4 is 10.6 Å². The summed E-state index contributed by atoms with van der Waals surface area (Å²) in [5.41, 5.74) is 0. The average Bonchev–Trinajstić information content (AvgIpc) is 2.05. The van der Waals surface area contributed by atoms with Crippen molar-refractivity contribution >= 4 is 5.96 Å². The molecule has 0 spiro atoms. The number of hydrogen-bond donors (Lipinski definition) is 2. The summed E-state index contributed by atoms with van der Waals surface area (Å²) in [7, 11) is 1.79. The Hall–Kier alpha value is -0.730. The summed E-state index contributed by atoms with van der Waals surface area (Å²) >= 11 is 0. The summed E-state index contributed by atoms with van der Waals surface area (Å²) in [6.45, 7) is 6.26. The fraction of sp³-hybridized carbons (Fsp3) is 0.875. The zero-order valence-electron chi connectivity index (χ0n) is 7.78. The number of aliphatic imine (C=N–C) groups is 1. The molecule has 0 saturated carbocycles. The van der Waals surface area contributed by atoms with Gasteiger partial charge in [-0.1, -0.05) is 13.8 Å². The molecule has 0 radical (unpaired) electrons. The molecular formula is C8H19N3. The third kappa shape index (κ3) is 5.70. The predicted molar refractivity (Wildman–Crippen MR) is 49.9 cm³/mol. The molecule has 0 bridgehead atoms. The van der Waals surface area contributed by atoms with Crippen LogP contribution in [0.5, 0.6) is 0 Å². The summed E-state index contributed by atoms with van der Waals surface area (Å²) in [6.07, 6.45) is 2.26. The Bertz CT molecular complexity index is 99.9. The van der Waals surface area contributed by atoms with Gasteiger partial charge in [0, 0.05) is 20.1 Å². The molecule has 3 heteroatoms. The molecule has 0 aromatic carbocycles. The number of hydrogen-bond acceptors (Lipinski definition) is 1. The van der Waals surface area contributed by atoms with Crippen molar-refractivity contribution in [1.29, 1.82) is 0 Å². The summed E-state index contributed by atoms with van der Waals surface area (Å²) < 4.78 is 0. The van der Waals surface area contributed by atoms with E-state index in [0.29, 0.717) is 0 Å². The highest BCUT2D eigenvalue weighted by molar-refractivity contribution is 5.79. The van der Waals surface area contributed by atoms with Crippen LogP contribution in [-0.2, 0) is 0 Å². The largest absolute Gasteiger partial charge is 0.356 e. The zero-order valence-corrected chi connectivity index (χ0v) is 7.78. The molecule has 66 valence electrons. The normalized spacial score (nSPS) is 9.00. The molecule has 0 heterocycles. The second-order valence-corrected chi connectivity index (χ2v) is 2.43. The van der Waals surface area contributed by atoms with Gasteiger partial charge in [-0.2, -0.15) is 0 Å². The van der Waals surface area contributed by atoms with Crippen LogP contribution in [0.4, 0.5) is 0 Å². The molecule has 0 atom stereocenters. The molecule has 0 aromatic heterocycles. The molecular weight excluding hydrogens is 138 g/mol. The standard InChI is InChI=1S/C8H19N3/c1-4-6-10-8(9-3)11-7-5-2/h4-7H2,1-3H3,(H2,9,10,11). The van der Waals surface area contributed by atoms with Gasteiger partial charge in [-0.3, -0.25) is 4.99 Å². The first-order valence-corrected chi connectivity index (χ1v) is 4.29. The first kappa shape index (κ1) is 10.3. The predicted octanol–water partition coefficient (Wildman–Crippen LogP) is 0.971. The van der Waals surface area contributed by atoms with E-state index in [2.05, 4.69) is 29.5 Å². The van der Waals surface area contributed by atoms with Crippen LogP contribution in [0, 0.1) is 0 Å². The molecule has 0 aromatic rings. The van der Waals surface area contributed by atoms with Crippen molar-refractivity contribution < 1.29 is 0 Å². The van der Waals surface area contributed by atoms with E-state index in [0.717, 1.165) is 31.9 Å². The quantitative estimate of drug-likeness (QED) is 0.471. The Morgan fingerprint density at radius 2 is 1.55 bits per heavy atom. The summed E-state index contributed by atoms with van der Waals surface area (Å²) in [6, 6.07) is 0. The van der Waals surface area contributed by atoms with Crippen molar-refractivity contribution in [2.24, 2.45) is 4.99 Å². The smallest absolute Gasteiger partial charge is 0.190 e. The number of nitrogens with zero attached hydrogens (tertiary/aromatic N) is 1. The monoisotopic (exact) mass is 157 g/mol. The lowest BCUT2D eigenvalue weighted by molar-refractivity contribution is 0.765. The molecule has 0 aliphatic heterocycles. The van der Waals surface area contributed by atoms with E-state index < -0.39 is 0 Å². The lowest BCUT2D eigenvalue weighted by Crippen LogP contribution is -2.37. The highest BCUT2D eigenvalue weighted by Gasteiger charge is 1.91. The fourth-order valence-electron chi connectivity index (χ4n) is 0.707. The Morgan fingerprint density at radius 1 is 1.09 bits per heavy atom. The van der Waals surface area contributed by atoms with Gasteiger partial charge >= 0.3 is 0 Å². The van der Waals surface area contributed by atoms with Crippen molar-refractivity contribution in [1.82, 2.24) is 10.6 Å². The molecule has 0 aliphatic carbocycles. The minimum Gasteiger partial charge on any atom is -0.356 e. The van der Waals surface area contributed by atoms with Gasteiger partial charge in [0.15, 0.2) is 5.96 Å². The molecule has 0 amide bonds. The van der Waals surface area contributed by atoms with Gasteiger partial charge in [0.1, 0.15) is 0 Å².